The SMILES string of the molecule is CC(Cc1ccc(C(C)(C)C)cc1)CC(N)CO. The molecule has 0 amide bonds. The van der Waals surface area contributed by atoms with Gasteiger partial charge in [0, 0.05) is 6.04 Å². The number of benzene rings is 1. The standard InChI is InChI=1S/C16H27NO/c1-12(10-15(17)11-18)9-13-5-7-14(8-6-13)16(2,3)4/h5-8,12,15,18H,9-11,17H2,1-4H3. The number of rotatable bonds is 5. The molecule has 2 heteroatoms. The molecule has 0 heterocycles. The van der Waals surface area contributed by atoms with Crippen molar-refractivity contribution in [2.24, 2.45) is 11.7 Å². The quantitative estimate of drug-likeness (QED) is 0.843. The molecule has 18 heavy (non-hydrogen) atoms. The zero-order valence-electron chi connectivity index (χ0n) is 12.1. The Balaban J connectivity index is 2.58. The van der Waals surface area contributed by atoms with Crippen LogP contribution < -0.4 is 5.73 Å². The topological polar surface area (TPSA) is 46.2 Å². The molecule has 102 valence electrons. The van der Waals surface area contributed by atoms with Gasteiger partial charge in [-0.05, 0) is 35.3 Å². The van der Waals surface area contributed by atoms with Gasteiger partial charge in [0.2, 0.25) is 0 Å². The van der Waals surface area contributed by atoms with E-state index in [-0.39, 0.29) is 18.1 Å². The van der Waals surface area contributed by atoms with Crippen LogP contribution in [0.25, 0.3) is 0 Å². The fourth-order valence-corrected chi connectivity index (χ4v) is 2.22. The number of hydrogen-bond acceptors (Lipinski definition) is 2. The second-order valence-electron chi connectivity index (χ2n) is 6.43. The largest absolute Gasteiger partial charge is 0.395 e. The Kier molecular flexibility index (Phi) is 5.36. The summed E-state index contributed by atoms with van der Waals surface area (Å²) in [6.45, 7) is 8.95. The van der Waals surface area contributed by atoms with Gasteiger partial charge in [0.05, 0.1) is 6.61 Å². The van der Waals surface area contributed by atoms with Gasteiger partial charge in [0.25, 0.3) is 0 Å². The fraction of sp³-hybridized carbons (Fsp3) is 0.625. The lowest BCUT2D eigenvalue weighted by Gasteiger charge is -2.20. The lowest BCUT2D eigenvalue weighted by atomic mass is 9.86. The van der Waals surface area contributed by atoms with Gasteiger partial charge in [-0.3, -0.25) is 0 Å². The Morgan fingerprint density at radius 1 is 1.17 bits per heavy atom. The third-order valence-electron chi connectivity index (χ3n) is 3.34. The second-order valence-corrected chi connectivity index (χ2v) is 6.43. The van der Waals surface area contributed by atoms with Crippen LogP contribution in [0.3, 0.4) is 0 Å². The van der Waals surface area contributed by atoms with E-state index >= 15 is 0 Å². The number of aliphatic hydroxyl groups is 1. The van der Waals surface area contributed by atoms with Gasteiger partial charge in [-0.2, -0.15) is 0 Å². The van der Waals surface area contributed by atoms with Gasteiger partial charge < -0.3 is 10.8 Å². The molecule has 0 saturated heterocycles. The van der Waals surface area contributed by atoms with E-state index in [9.17, 15) is 0 Å². The van der Waals surface area contributed by atoms with Gasteiger partial charge in [-0.15, -0.1) is 0 Å². The van der Waals surface area contributed by atoms with Crippen LogP contribution in [-0.4, -0.2) is 17.8 Å². The first kappa shape index (κ1) is 15.2. The van der Waals surface area contributed by atoms with Crippen LogP contribution >= 0.6 is 0 Å². The van der Waals surface area contributed by atoms with E-state index in [1.54, 1.807) is 0 Å². The summed E-state index contributed by atoms with van der Waals surface area (Å²) in [5.74, 6) is 0.507. The second kappa shape index (κ2) is 6.35. The molecule has 0 fully saturated rings. The molecule has 0 radical (unpaired) electrons. The molecule has 0 aromatic heterocycles. The predicted molar refractivity (Wildman–Crippen MR) is 77.7 cm³/mol. The molecule has 1 aromatic carbocycles. The molecule has 3 N–H and O–H groups in total. The van der Waals surface area contributed by atoms with Crippen LogP contribution in [0.2, 0.25) is 0 Å². The van der Waals surface area contributed by atoms with Crippen LogP contribution in [0, 0.1) is 5.92 Å². The van der Waals surface area contributed by atoms with E-state index < -0.39 is 0 Å². The summed E-state index contributed by atoms with van der Waals surface area (Å²) in [4.78, 5) is 0. The maximum absolute atomic E-state index is 8.95. The minimum Gasteiger partial charge on any atom is -0.395 e. The van der Waals surface area contributed by atoms with Crippen molar-refractivity contribution in [1.82, 2.24) is 0 Å². The normalized spacial score (nSPS) is 15.4. The van der Waals surface area contributed by atoms with Crippen LogP contribution in [0.15, 0.2) is 24.3 Å². The van der Waals surface area contributed by atoms with E-state index in [1.807, 2.05) is 0 Å². The van der Waals surface area contributed by atoms with Gasteiger partial charge in [0.1, 0.15) is 0 Å². The molecular formula is C16H27NO. The van der Waals surface area contributed by atoms with E-state index in [2.05, 4.69) is 52.0 Å². The van der Waals surface area contributed by atoms with Crippen LogP contribution in [0.4, 0.5) is 0 Å². The highest BCUT2D eigenvalue weighted by molar-refractivity contribution is 5.27. The molecule has 0 spiro atoms. The molecule has 2 unspecified atom stereocenters. The maximum Gasteiger partial charge on any atom is 0.0582 e. The molecule has 1 rings (SSSR count). The third-order valence-corrected chi connectivity index (χ3v) is 3.34. The highest BCUT2D eigenvalue weighted by Gasteiger charge is 2.14. The van der Waals surface area contributed by atoms with Crippen molar-refractivity contribution in [3.05, 3.63) is 35.4 Å². The average Bonchev–Trinajstić information content (AvgIpc) is 2.28. The maximum atomic E-state index is 8.95. The summed E-state index contributed by atoms with van der Waals surface area (Å²) in [6, 6.07) is 8.76. The predicted octanol–water partition coefficient (Wildman–Crippen LogP) is 2.87. The van der Waals surface area contributed by atoms with Crippen molar-refractivity contribution in [3.63, 3.8) is 0 Å². The van der Waals surface area contributed by atoms with Gasteiger partial charge in [-0.1, -0.05) is 52.0 Å². The van der Waals surface area contributed by atoms with Crippen LogP contribution in [0.5, 0.6) is 0 Å². The first-order chi connectivity index (χ1) is 8.32. The Labute approximate surface area is 111 Å². The van der Waals surface area contributed by atoms with E-state index in [1.165, 1.54) is 11.1 Å². The Bertz CT molecular complexity index is 350. The average molecular weight is 249 g/mol. The summed E-state index contributed by atoms with van der Waals surface area (Å²) >= 11 is 0. The number of hydrogen-bond donors (Lipinski definition) is 2. The minimum atomic E-state index is -0.0890. The molecule has 1 aromatic rings. The molecule has 0 aliphatic carbocycles. The molecule has 0 aliphatic heterocycles. The van der Waals surface area contributed by atoms with Crippen LogP contribution in [0.1, 0.15) is 45.2 Å². The van der Waals surface area contributed by atoms with Crippen molar-refractivity contribution < 1.29 is 5.11 Å². The van der Waals surface area contributed by atoms with Crippen LogP contribution in [-0.2, 0) is 11.8 Å². The van der Waals surface area contributed by atoms with Crippen molar-refractivity contribution >= 4 is 0 Å². The third kappa shape index (κ3) is 4.79. The Hall–Kier alpha value is -0.860. The molecular weight excluding hydrogens is 222 g/mol. The summed E-state index contributed by atoms with van der Waals surface area (Å²) in [5, 5.41) is 8.95. The first-order valence-electron chi connectivity index (χ1n) is 6.78. The zero-order chi connectivity index (χ0) is 13.8. The zero-order valence-corrected chi connectivity index (χ0v) is 12.1. The van der Waals surface area contributed by atoms with Crippen molar-refractivity contribution in [2.45, 2.75) is 52.0 Å². The lowest BCUT2D eigenvalue weighted by molar-refractivity contribution is 0.247. The Morgan fingerprint density at radius 2 is 1.72 bits per heavy atom. The summed E-state index contributed by atoms with van der Waals surface area (Å²) in [5.41, 5.74) is 8.68. The summed E-state index contributed by atoms with van der Waals surface area (Å²) < 4.78 is 0. The van der Waals surface area contributed by atoms with E-state index in [4.69, 9.17) is 10.8 Å². The first-order valence-corrected chi connectivity index (χ1v) is 6.78. The molecule has 2 nitrogen and oxygen atoms in total. The molecule has 2 atom stereocenters. The summed E-state index contributed by atoms with van der Waals surface area (Å²) in [7, 11) is 0. The molecule has 0 bridgehead atoms. The van der Waals surface area contributed by atoms with Crippen molar-refractivity contribution in [3.8, 4) is 0 Å². The number of aliphatic hydroxyl groups excluding tert-OH is 1. The number of nitrogens with two attached hydrogens (primary N) is 1. The van der Waals surface area contributed by atoms with Gasteiger partial charge in [-0.25, -0.2) is 0 Å². The van der Waals surface area contributed by atoms with E-state index in [0.717, 1.165) is 12.8 Å². The smallest absolute Gasteiger partial charge is 0.0582 e. The Morgan fingerprint density at radius 3 is 2.17 bits per heavy atom. The van der Waals surface area contributed by atoms with Gasteiger partial charge >= 0.3 is 0 Å². The molecule has 0 saturated carbocycles. The van der Waals surface area contributed by atoms with Crippen molar-refractivity contribution in [1.29, 1.82) is 0 Å². The van der Waals surface area contributed by atoms with E-state index in [0.29, 0.717) is 5.92 Å². The summed E-state index contributed by atoms with van der Waals surface area (Å²) in [6.07, 6.45) is 1.90. The van der Waals surface area contributed by atoms with Crippen molar-refractivity contribution in [2.75, 3.05) is 6.61 Å². The lowest BCUT2D eigenvalue weighted by Crippen LogP contribution is -2.27. The minimum absolute atomic E-state index is 0.0767. The highest BCUT2D eigenvalue weighted by atomic mass is 16.3. The monoisotopic (exact) mass is 249 g/mol. The molecule has 0 aliphatic rings. The van der Waals surface area contributed by atoms with Gasteiger partial charge in [0.15, 0.2) is 0 Å². The fourth-order valence-electron chi connectivity index (χ4n) is 2.22. The highest BCUT2D eigenvalue weighted by Crippen LogP contribution is 2.23.